The Labute approximate surface area is 173 Å². The normalized spacial score (nSPS) is 26.2. The van der Waals surface area contributed by atoms with E-state index in [4.69, 9.17) is 4.74 Å². The lowest BCUT2D eigenvalue weighted by Crippen LogP contribution is -2.64. The monoisotopic (exact) mass is 399 g/mol. The van der Waals surface area contributed by atoms with Crippen LogP contribution in [0.5, 0.6) is 0 Å². The van der Waals surface area contributed by atoms with Gasteiger partial charge in [0.1, 0.15) is 5.54 Å². The molecule has 0 unspecified atom stereocenters. The first-order chi connectivity index (χ1) is 14.1. The van der Waals surface area contributed by atoms with E-state index in [1.165, 1.54) is 19.3 Å². The van der Waals surface area contributed by atoms with Crippen LogP contribution >= 0.6 is 0 Å². The molecular weight excluding hydrogens is 366 g/mol. The van der Waals surface area contributed by atoms with Gasteiger partial charge in [-0.3, -0.25) is 14.5 Å². The molecule has 6 nitrogen and oxygen atoms in total. The van der Waals surface area contributed by atoms with E-state index in [-0.39, 0.29) is 17.9 Å². The number of hydrogen-bond acceptors (Lipinski definition) is 4. The number of fused-ring (bicyclic) bond motifs is 1. The molecule has 6 heteroatoms. The van der Waals surface area contributed by atoms with Crippen LogP contribution in [0.1, 0.15) is 54.9 Å². The molecule has 0 radical (unpaired) electrons. The summed E-state index contributed by atoms with van der Waals surface area (Å²) in [5.74, 6) is -0.0318. The summed E-state index contributed by atoms with van der Waals surface area (Å²) in [7, 11) is 0. The molecule has 1 N–H and O–H groups in total. The molecule has 29 heavy (non-hydrogen) atoms. The number of nitrogens with one attached hydrogen (secondary N) is 1. The summed E-state index contributed by atoms with van der Waals surface area (Å²) in [6, 6.07) is 7.97. The molecule has 2 amide bonds. The first kappa shape index (κ1) is 20.4. The van der Waals surface area contributed by atoms with Gasteiger partial charge in [-0.15, -0.1) is 0 Å². The molecule has 158 valence electrons. The molecule has 1 saturated carbocycles. The minimum absolute atomic E-state index is 0.00534. The second-order valence-corrected chi connectivity index (χ2v) is 8.83. The van der Waals surface area contributed by atoms with E-state index in [0.29, 0.717) is 13.0 Å². The summed E-state index contributed by atoms with van der Waals surface area (Å²) in [6.07, 6.45) is 6.24. The number of amides is 2. The molecule has 4 rings (SSSR count). The summed E-state index contributed by atoms with van der Waals surface area (Å²) in [6.45, 7) is 6.49. The van der Waals surface area contributed by atoms with Gasteiger partial charge >= 0.3 is 0 Å². The van der Waals surface area contributed by atoms with E-state index in [2.05, 4.69) is 10.2 Å². The van der Waals surface area contributed by atoms with Crippen LogP contribution in [0.15, 0.2) is 24.3 Å². The van der Waals surface area contributed by atoms with E-state index >= 15 is 0 Å². The van der Waals surface area contributed by atoms with Crippen molar-refractivity contribution < 1.29 is 14.3 Å². The van der Waals surface area contributed by atoms with E-state index in [9.17, 15) is 9.59 Å². The highest BCUT2D eigenvalue weighted by atomic mass is 16.5. The fourth-order valence-corrected chi connectivity index (χ4v) is 4.92. The maximum absolute atomic E-state index is 13.5. The molecule has 1 atom stereocenters. The lowest BCUT2D eigenvalue weighted by atomic mass is 9.82. The molecule has 2 aliphatic heterocycles. The Morgan fingerprint density at radius 1 is 1.14 bits per heavy atom. The van der Waals surface area contributed by atoms with Gasteiger partial charge < -0.3 is 15.0 Å². The van der Waals surface area contributed by atoms with Crippen LogP contribution in [-0.4, -0.2) is 72.6 Å². The van der Waals surface area contributed by atoms with Crippen molar-refractivity contribution in [3.05, 3.63) is 35.4 Å². The molecule has 2 fully saturated rings. The third-order valence-corrected chi connectivity index (χ3v) is 6.80. The zero-order valence-electron chi connectivity index (χ0n) is 17.5. The fraction of sp³-hybridized carbons (Fsp3) is 0.652. The van der Waals surface area contributed by atoms with E-state index < -0.39 is 5.54 Å². The van der Waals surface area contributed by atoms with Crippen LogP contribution < -0.4 is 5.32 Å². The molecule has 0 aromatic heterocycles. The van der Waals surface area contributed by atoms with E-state index in [1.807, 2.05) is 36.1 Å². The molecular formula is C23H33N3O3. The predicted octanol–water partition coefficient (Wildman–Crippen LogP) is 2.22. The van der Waals surface area contributed by atoms with E-state index in [0.717, 1.165) is 56.8 Å². The van der Waals surface area contributed by atoms with Crippen LogP contribution in [-0.2, 0) is 16.0 Å². The SMILES string of the molecule is C[C@]1(C(=O)NC2CCCCC2)Cc2ccccc2C(=O)N1CCN1CCOCC1. The first-order valence-electron chi connectivity index (χ1n) is 11.1. The van der Waals surface area contributed by atoms with Gasteiger partial charge in [-0.05, 0) is 31.4 Å². The number of carbonyl (C=O) groups excluding carboxylic acids is 2. The third kappa shape index (κ3) is 4.33. The zero-order chi connectivity index (χ0) is 20.3. The highest BCUT2D eigenvalue weighted by molar-refractivity contribution is 6.02. The Hall–Kier alpha value is -1.92. The van der Waals surface area contributed by atoms with Crippen molar-refractivity contribution in [1.82, 2.24) is 15.1 Å². The maximum Gasteiger partial charge on any atom is 0.255 e. The van der Waals surface area contributed by atoms with Crippen molar-refractivity contribution >= 4 is 11.8 Å². The van der Waals surface area contributed by atoms with Crippen LogP contribution in [0.4, 0.5) is 0 Å². The van der Waals surface area contributed by atoms with Gasteiger partial charge in [-0.1, -0.05) is 37.5 Å². The highest BCUT2D eigenvalue weighted by Crippen LogP contribution is 2.32. The maximum atomic E-state index is 13.5. The van der Waals surface area contributed by atoms with E-state index in [1.54, 1.807) is 0 Å². The smallest absolute Gasteiger partial charge is 0.255 e. The fourth-order valence-electron chi connectivity index (χ4n) is 4.92. The lowest BCUT2D eigenvalue weighted by molar-refractivity contribution is -0.132. The lowest BCUT2D eigenvalue weighted by Gasteiger charge is -2.45. The standard InChI is InChI=1S/C23H33N3O3/c1-23(22(28)24-19-8-3-2-4-9-19)17-18-7-5-6-10-20(18)21(27)26(23)12-11-25-13-15-29-16-14-25/h5-7,10,19H,2-4,8-9,11-17H2,1H3,(H,24,28)/t23-/m1/s1. The van der Waals surface area contributed by atoms with Gasteiger partial charge in [0.25, 0.3) is 5.91 Å². The van der Waals surface area contributed by atoms with Crippen molar-refractivity contribution in [1.29, 1.82) is 0 Å². The minimum Gasteiger partial charge on any atom is -0.379 e. The molecule has 2 heterocycles. The van der Waals surface area contributed by atoms with Crippen molar-refractivity contribution in [2.24, 2.45) is 0 Å². The quantitative estimate of drug-likeness (QED) is 0.825. The van der Waals surface area contributed by atoms with Crippen molar-refractivity contribution in [3.63, 3.8) is 0 Å². The highest BCUT2D eigenvalue weighted by Gasteiger charge is 2.47. The van der Waals surface area contributed by atoms with Gasteiger partial charge in [0.05, 0.1) is 13.2 Å². The summed E-state index contributed by atoms with van der Waals surface area (Å²) in [5.41, 5.74) is 0.855. The van der Waals surface area contributed by atoms with Gasteiger partial charge in [-0.2, -0.15) is 0 Å². The molecule has 1 aromatic carbocycles. The number of rotatable bonds is 5. The minimum atomic E-state index is -0.852. The molecule has 3 aliphatic rings. The third-order valence-electron chi connectivity index (χ3n) is 6.80. The summed E-state index contributed by atoms with van der Waals surface area (Å²) >= 11 is 0. The summed E-state index contributed by atoms with van der Waals surface area (Å²) in [5, 5.41) is 3.28. The van der Waals surface area contributed by atoms with Crippen LogP contribution in [0.2, 0.25) is 0 Å². The second-order valence-electron chi connectivity index (χ2n) is 8.83. The molecule has 1 aliphatic carbocycles. The van der Waals surface area contributed by atoms with Gasteiger partial charge in [0, 0.05) is 44.2 Å². The molecule has 1 saturated heterocycles. The second kappa shape index (κ2) is 8.84. The number of morpholine rings is 1. The van der Waals surface area contributed by atoms with Crippen molar-refractivity contribution in [2.75, 3.05) is 39.4 Å². The molecule has 0 spiro atoms. The Kier molecular flexibility index (Phi) is 6.20. The Morgan fingerprint density at radius 3 is 2.62 bits per heavy atom. The average Bonchev–Trinajstić information content (AvgIpc) is 2.75. The van der Waals surface area contributed by atoms with Crippen molar-refractivity contribution in [3.8, 4) is 0 Å². The Bertz CT molecular complexity index is 741. The van der Waals surface area contributed by atoms with Crippen LogP contribution in [0, 0.1) is 0 Å². The Balaban J connectivity index is 1.55. The number of benzene rings is 1. The van der Waals surface area contributed by atoms with Crippen LogP contribution in [0.3, 0.4) is 0 Å². The van der Waals surface area contributed by atoms with Gasteiger partial charge in [0.2, 0.25) is 5.91 Å². The average molecular weight is 400 g/mol. The summed E-state index contributed by atoms with van der Waals surface area (Å²) < 4.78 is 5.44. The van der Waals surface area contributed by atoms with Gasteiger partial charge in [-0.25, -0.2) is 0 Å². The van der Waals surface area contributed by atoms with Gasteiger partial charge in [0.15, 0.2) is 0 Å². The van der Waals surface area contributed by atoms with Crippen LogP contribution in [0.25, 0.3) is 0 Å². The summed E-state index contributed by atoms with van der Waals surface area (Å²) in [4.78, 5) is 31.0. The number of nitrogens with zero attached hydrogens (tertiary/aromatic N) is 2. The zero-order valence-corrected chi connectivity index (χ0v) is 17.5. The molecule has 1 aromatic rings. The molecule has 0 bridgehead atoms. The van der Waals surface area contributed by atoms with Crippen molar-refractivity contribution in [2.45, 2.75) is 57.0 Å². The topological polar surface area (TPSA) is 61.9 Å². The largest absolute Gasteiger partial charge is 0.379 e. The predicted molar refractivity (Wildman–Crippen MR) is 112 cm³/mol. The number of carbonyl (C=O) groups is 2. The first-order valence-corrected chi connectivity index (χ1v) is 11.1. The number of ether oxygens (including phenoxy) is 1. The number of hydrogen-bond donors (Lipinski definition) is 1. The Morgan fingerprint density at radius 2 is 1.86 bits per heavy atom.